The molecule has 1 aliphatic carbocycles. The molecule has 5 rings (SSSR count). The molecule has 2 fully saturated rings. The average Bonchev–Trinajstić information content (AvgIpc) is 3.31. The van der Waals surface area contributed by atoms with Crippen LogP contribution in [0.3, 0.4) is 0 Å². The molecular formula is C24H23ClFN3O3. The first-order chi connectivity index (χ1) is 15.4. The number of benzene rings is 2. The molecule has 1 spiro atoms. The molecule has 1 atom stereocenters. The van der Waals surface area contributed by atoms with Crippen molar-refractivity contribution in [2.75, 3.05) is 25.5 Å². The van der Waals surface area contributed by atoms with Gasteiger partial charge in [0.2, 0.25) is 5.91 Å². The molecule has 2 N–H and O–H groups in total. The zero-order valence-corrected chi connectivity index (χ0v) is 18.3. The molecule has 1 saturated carbocycles. The van der Waals surface area contributed by atoms with E-state index in [0.29, 0.717) is 40.6 Å². The number of rotatable bonds is 4. The van der Waals surface area contributed by atoms with Crippen LogP contribution < -0.4 is 10.1 Å². The minimum absolute atomic E-state index is 0.0105. The van der Waals surface area contributed by atoms with E-state index in [2.05, 4.69) is 10.3 Å². The van der Waals surface area contributed by atoms with Crippen LogP contribution in [0.15, 0.2) is 42.5 Å². The fraction of sp³-hybridized carbons (Fsp3) is 0.333. The van der Waals surface area contributed by atoms with Gasteiger partial charge in [-0.05, 0) is 67.1 Å². The first-order valence-electron chi connectivity index (χ1n) is 10.6. The number of nitrogens with one attached hydrogen (secondary N) is 2. The smallest absolute Gasteiger partial charge is 0.270 e. The maximum Gasteiger partial charge on any atom is 0.270 e. The number of ether oxygens (including phenoxy) is 1. The van der Waals surface area contributed by atoms with Gasteiger partial charge in [0.25, 0.3) is 5.91 Å². The van der Waals surface area contributed by atoms with Crippen molar-refractivity contribution < 1.29 is 18.7 Å². The van der Waals surface area contributed by atoms with Crippen molar-refractivity contribution in [2.45, 2.75) is 19.3 Å². The normalized spacial score (nSPS) is 19.2. The van der Waals surface area contributed by atoms with E-state index in [4.69, 9.17) is 16.3 Å². The molecule has 1 aliphatic heterocycles. The Hall–Kier alpha value is -3.06. The number of anilines is 1. The number of nitrogens with zero attached hydrogens (tertiary/aromatic N) is 1. The highest BCUT2D eigenvalue weighted by atomic mass is 35.5. The van der Waals surface area contributed by atoms with Crippen molar-refractivity contribution in [1.29, 1.82) is 0 Å². The van der Waals surface area contributed by atoms with Gasteiger partial charge in [0.15, 0.2) is 0 Å². The van der Waals surface area contributed by atoms with Gasteiger partial charge >= 0.3 is 0 Å². The maximum atomic E-state index is 13.4. The van der Waals surface area contributed by atoms with Gasteiger partial charge in [0.05, 0.1) is 12.1 Å². The van der Waals surface area contributed by atoms with Crippen molar-refractivity contribution in [3.63, 3.8) is 0 Å². The van der Waals surface area contributed by atoms with Gasteiger partial charge in [0, 0.05) is 35.6 Å². The molecule has 3 aromatic rings. The van der Waals surface area contributed by atoms with Gasteiger partial charge < -0.3 is 19.9 Å². The Labute approximate surface area is 189 Å². The van der Waals surface area contributed by atoms with Crippen LogP contribution in [0.1, 0.15) is 29.8 Å². The Kier molecular flexibility index (Phi) is 5.08. The molecule has 0 radical (unpaired) electrons. The van der Waals surface area contributed by atoms with Crippen LogP contribution in [0.2, 0.25) is 5.02 Å². The van der Waals surface area contributed by atoms with Crippen molar-refractivity contribution in [3.8, 4) is 5.75 Å². The SMILES string of the molecule is COc1ccc(NC(=O)[C@@H]2CC23CCN(C(=O)c2cc4cc(F)ccc4[nH]2)CC3)cc1Cl. The summed E-state index contributed by atoms with van der Waals surface area (Å²) in [6.45, 7) is 1.20. The summed E-state index contributed by atoms with van der Waals surface area (Å²) >= 11 is 6.15. The fourth-order valence-corrected chi connectivity index (χ4v) is 5.05. The van der Waals surface area contributed by atoms with Crippen LogP contribution in [-0.4, -0.2) is 41.9 Å². The van der Waals surface area contributed by atoms with E-state index in [1.54, 1.807) is 37.4 Å². The molecule has 1 aromatic heterocycles. The molecule has 0 unspecified atom stereocenters. The number of fused-ring (bicyclic) bond motifs is 1. The van der Waals surface area contributed by atoms with Gasteiger partial charge in [-0.1, -0.05) is 11.6 Å². The lowest BCUT2D eigenvalue weighted by Crippen LogP contribution is -2.40. The van der Waals surface area contributed by atoms with Gasteiger partial charge in [-0.2, -0.15) is 0 Å². The predicted octanol–water partition coefficient (Wildman–Crippen LogP) is 4.85. The minimum Gasteiger partial charge on any atom is -0.495 e. The van der Waals surface area contributed by atoms with Gasteiger partial charge in [-0.15, -0.1) is 0 Å². The van der Waals surface area contributed by atoms with Crippen LogP contribution in [0.25, 0.3) is 10.9 Å². The highest BCUT2D eigenvalue weighted by molar-refractivity contribution is 6.32. The molecule has 0 bridgehead atoms. The third kappa shape index (κ3) is 3.71. The Bertz CT molecular complexity index is 1220. The second kappa shape index (κ2) is 7.81. The Balaban J connectivity index is 1.19. The summed E-state index contributed by atoms with van der Waals surface area (Å²) in [6.07, 6.45) is 2.40. The second-order valence-corrected chi connectivity index (χ2v) is 9.07. The Morgan fingerprint density at radius 3 is 2.69 bits per heavy atom. The number of amides is 2. The summed E-state index contributed by atoms with van der Waals surface area (Å²) in [4.78, 5) is 30.6. The first-order valence-corrected chi connectivity index (χ1v) is 11.0. The predicted molar refractivity (Wildman–Crippen MR) is 121 cm³/mol. The largest absolute Gasteiger partial charge is 0.495 e. The monoisotopic (exact) mass is 455 g/mol. The number of carbonyl (C=O) groups excluding carboxylic acids is 2. The van der Waals surface area contributed by atoms with Gasteiger partial charge in [-0.3, -0.25) is 9.59 Å². The van der Waals surface area contributed by atoms with Crippen LogP contribution in [0, 0.1) is 17.2 Å². The van der Waals surface area contributed by atoms with E-state index in [1.807, 2.05) is 4.90 Å². The van der Waals surface area contributed by atoms with E-state index in [-0.39, 0.29) is 29.0 Å². The first kappa shape index (κ1) is 20.8. The lowest BCUT2D eigenvalue weighted by Gasteiger charge is -2.32. The topological polar surface area (TPSA) is 74.4 Å². The van der Waals surface area contributed by atoms with E-state index in [0.717, 1.165) is 24.8 Å². The molecule has 6 nitrogen and oxygen atoms in total. The number of hydrogen-bond donors (Lipinski definition) is 2. The Morgan fingerprint density at radius 2 is 1.97 bits per heavy atom. The van der Waals surface area contributed by atoms with E-state index < -0.39 is 0 Å². The molecule has 166 valence electrons. The zero-order valence-electron chi connectivity index (χ0n) is 17.6. The lowest BCUT2D eigenvalue weighted by molar-refractivity contribution is -0.118. The van der Waals surface area contributed by atoms with Gasteiger partial charge in [0.1, 0.15) is 17.3 Å². The number of halogens is 2. The summed E-state index contributed by atoms with van der Waals surface area (Å²) in [7, 11) is 1.54. The standard InChI is InChI=1S/C24H23ClFN3O3/c1-32-21-5-3-16(12-18(21)25)27-22(30)17-13-24(17)6-8-29(9-7-24)23(31)20-11-14-10-15(26)2-4-19(14)28-20/h2-5,10-12,17,28H,6-9,13H2,1H3,(H,27,30)/t17-/m0/s1. The minimum atomic E-state index is -0.328. The molecule has 2 heterocycles. The van der Waals surface area contributed by atoms with Crippen LogP contribution in [0.4, 0.5) is 10.1 Å². The van der Waals surface area contributed by atoms with Crippen molar-refractivity contribution in [1.82, 2.24) is 9.88 Å². The molecule has 2 aliphatic rings. The van der Waals surface area contributed by atoms with Crippen molar-refractivity contribution >= 4 is 40.0 Å². The number of hydrogen-bond acceptors (Lipinski definition) is 3. The number of likely N-dealkylation sites (tertiary alicyclic amines) is 1. The van der Waals surface area contributed by atoms with Gasteiger partial charge in [-0.25, -0.2) is 4.39 Å². The third-order valence-corrected chi connectivity index (χ3v) is 7.08. The molecule has 32 heavy (non-hydrogen) atoms. The van der Waals surface area contributed by atoms with Crippen molar-refractivity contribution in [2.24, 2.45) is 11.3 Å². The van der Waals surface area contributed by atoms with E-state index in [9.17, 15) is 14.0 Å². The Morgan fingerprint density at radius 1 is 1.19 bits per heavy atom. The number of aromatic nitrogens is 1. The van der Waals surface area contributed by atoms with Crippen LogP contribution in [-0.2, 0) is 4.79 Å². The van der Waals surface area contributed by atoms with Crippen LogP contribution in [0.5, 0.6) is 5.75 Å². The maximum absolute atomic E-state index is 13.4. The molecular weight excluding hydrogens is 433 g/mol. The second-order valence-electron chi connectivity index (χ2n) is 8.66. The number of piperidine rings is 1. The average molecular weight is 456 g/mol. The summed E-state index contributed by atoms with van der Waals surface area (Å²) in [5, 5.41) is 4.08. The molecule has 2 amide bonds. The molecule has 1 saturated heterocycles. The summed E-state index contributed by atoms with van der Waals surface area (Å²) < 4.78 is 18.6. The highest BCUT2D eigenvalue weighted by Gasteiger charge is 2.58. The van der Waals surface area contributed by atoms with E-state index in [1.165, 1.54) is 12.1 Å². The quantitative estimate of drug-likeness (QED) is 0.590. The summed E-state index contributed by atoms with van der Waals surface area (Å²) in [5.74, 6) is 0.0707. The molecule has 2 aromatic carbocycles. The number of H-pyrrole nitrogens is 1. The highest BCUT2D eigenvalue weighted by Crippen LogP contribution is 2.59. The summed E-state index contributed by atoms with van der Waals surface area (Å²) in [6, 6.07) is 11.3. The molecule has 8 heteroatoms. The number of carbonyl (C=O) groups is 2. The number of methoxy groups -OCH3 is 1. The third-order valence-electron chi connectivity index (χ3n) is 6.79. The van der Waals surface area contributed by atoms with E-state index >= 15 is 0 Å². The zero-order chi connectivity index (χ0) is 22.5. The fourth-order valence-electron chi connectivity index (χ4n) is 4.79. The summed E-state index contributed by atoms with van der Waals surface area (Å²) in [5.41, 5.74) is 1.80. The van der Waals surface area contributed by atoms with Crippen molar-refractivity contribution in [3.05, 3.63) is 59.0 Å². The lowest BCUT2D eigenvalue weighted by atomic mass is 9.90. The number of aromatic amines is 1. The van der Waals surface area contributed by atoms with Crippen LogP contribution >= 0.6 is 11.6 Å².